The highest BCUT2D eigenvalue weighted by Gasteiger charge is 2.04. The Bertz CT molecular complexity index is 845. The van der Waals surface area contributed by atoms with E-state index in [9.17, 15) is 0 Å². The van der Waals surface area contributed by atoms with E-state index in [2.05, 4.69) is 68.1 Å². The van der Waals surface area contributed by atoms with E-state index in [4.69, 9.17) is 0 Å². The van der Waals surface area contributed by atoms with Gasteiger partial charge in [0.2, 0.25) is 0 Å². The number of aliphatic imine (C=N–C) groups is 1. The highest BCUT2D eigenvalue weighted by atomic mass is 127. The van der Waals surface area contributed by atoms with Gasteiger partial charge in [0.05, 0.1) is 0 Å². The van der Waals surface area contributed by atoms with Crippen LogP contribution in [0.1, 0.15) is 16.7 Å². The summed E-state index contributed by atoms with van der Waals surface area (Å²) in [5.41, 5.74) is 4.69. The lowest BCUT2D eigenvalue weighted by molar-refractivity contribution is 0.806. The van der Waals surface area contributed by atoms with E-state index in [0.717, 1.165) is 29.5 Å². The fourth-order valence-corrected chi connectivity index (χ4v) is 2.57. The average Bonchev–Trinajstić information content (AvgIpc) is 3.18. The molecule has 0 atom stereocenters. The zero-order valence-corrected chi connectivity index (χ0v) is 17.2. The molecule has 1 heterocycles. The van der Waals surface area contributed by atoms with E-state index in [0.29, 0.717) is 6.54 Å². The number of H-pyrrole nitrogens is 1. The van der Waals surface area contributed by atoms with Crippen molar-refractivity contribution in [3.8, 4) is 11.4 Å². The molecule has 0 bridgehead atoms. The molecule has 7 heteroatoms. The van der Waals surface area contributed by atoms with Gasteiger partial charge in [-0.25, -0.2) is 4.98 Å². The molecular weight excluding hydrogens is 439 g/mol. The topological polar surface area (TPSA) is 78.0 Å². The first-order valence-electron chi connectivity index (χ1n) is 8.20. The summed E-state index contributed by atoms with van der Waals surface area (Å²) in [5.74, 6) is 1.54. The van der Waals surface area contributed by atoms with Crippen molar-refractivity contribution in [3.63, 3.8) is 0 Å². The van der Waals surface area contributed by atoms with Gasteiger partial charge in [-0.3, -0.25) is 10.1 Å². The molecule has 136 valence electrons. The van der Waals surface area contributed by atoms with Crippen LogP contribution < -0.4 is 10.6 Å². The van der Waals surface area contributed by atoms with Crippen LogP contribution in [0, 0.1) is 6.92 Å². The van der Waals surface area contributed by atoms with Crippen molar-refractivity contribution >= 4 is 29.9 Å². The van der Waals surface area contributed by atoms with Crippen LogP contribution >= 0.6 is 24.0 Å². The van der Waals surface area contributed by atoms with Crippen LogP contribution in [0.15, 0.2) is 59.9 Å². The Labute approximate surface area is 170 Å². The minimum atomic E-state index is 0. The Morgan fingerprint density at radius 3 is 2.62 bits per heavy atom. The predicted octanol–water partition coefficient (Wildman–Crippen LogP) is 3.26. The summed E-state index contributed by atoms with van der Waals surface area (Å²) in [6, 6.07) is 16.5. The van der Waals surface area contributed by atoms with Crippen LogP contribution in [-0.2, 0) is 13.1 Å². The van der Waals surface area contributed by atoms with Crippen molar-refractivity contribution in [1.82, 2.24) is 25.8 Å². The van der Waals surface area contributed by atoms with Crippen molar-refractivity contribution in [2.45, 2.75) is 20.0 Å². The normalized spacial score (nSPS) is 10.9. The summed E-state index contributed by atoms with van der Waals surface area (Å²) < 4.78 is 0. The lowest BCUT2D eigenvalue weighted by Gasteiger charge is -2.13. The minimum absolute atomic E-state index is 0. The van der Waals surface area contributed by atoms with Gasteiger partial charge in [-0.05, 0) is 29.7 Å². The number of aromatic amines is 1. The molecule has 3 N–H and O–H groups in total. The summed E-state index contributed by atoms with van der Waals surface area (Å²) in [6.07, 6.45) is 1.51. The van der Waals surface area contributed by atoms with Gasteiger partial charge in [0.15, 0.2) is 11.8 Å². The van der Waals surface area contributed by atoms with Crippen LogP contribution in [0.2, 0.25) is 0 Å². The summed E-state index contributed by atoms with van der Waals surface area (Å²) in [5, 5.41) is 13.5. The first kappa shape index (κ1) is 19.9. The maximum Gasteiger partial charge on any atom is 0.191 e. The molecule has 26 heavy (non-hydrogen) atoms. The third kappa shape index (κ3) is 5.29. The Balaban J connectivity index is 0.00000243. The number of guanidine groups is 1. The molecule has 3 rings (SSSR count). The molecule has 0 saturated heterocycles. The molecule has 0 unspecified atom stereocenters. The van der Waals surface area contributed by atoms with Crippen molar-refractivity contribution in [3.05, 3.63) is 71.5 Å². The van der Waals surface area contributed by atoms with E-state index in [1.165, 1.54) is 17.5 Å². The Morgan fingerprint density at radius 1 is 1.08 bits per heavy atom. The molecule has 0 radical (unpaired) electrons. The fourth-order valence-electron chi connectivity index (χ4n) is 2.57. The zero-order chi connectivity index (χ0) is 17.5. The largest absolute Gasteiger partial charge is 0.352 e. The van der Waals surface area contributed by atoms with Crippen molar-refractivity contribution in [2.75, 3.05) is 7.05 Å². The number of benzene rings is 2. The second-order valence-corrected chi connectivity index (χ2v) is 5.74. The average molecular weight is 462 g/mol. The number of nitrogens with one attached hydrogen (secondary N) is 3. The lowest BCUT2D eigenvalue weighted by Crippen LogP contribution is -2.36. The molecular formula is C19H23IN6. The van der Waals surface area contributed by atoms with Crippen molar-refractivity contribution < 1.29 is 0 Å². The van der Waals surface area contributed by atoms with Gasteiger partial charge in [0.25, 0.3) is 0 Å². The number of hydrogen-bond acceptors (Lipinski definition) is 3. The molecule has 0 amide bonds. The quantitative estimate of drug-likeness (QED) is 0.309. The van der Waals surface area contributed by atoms with Gasteiger partial charge in [0, 0.05) is 25.7 Å². The monoisotopic (exact) mass is 462 g/mol. The Morgan fingerprint density at radius 2 is 1.88 bits per heavy atom. The first-order valence-corrected chi connectivity index (χ1v) is 8.20. The van der Waals surface area contributed by atoms with E-state index >= 15 is 0 Å². The molecule has 6 nitrogen and oxygen atoms in total. The smallest absolute Gasteiger partial charge is 0.191 e. The third-order valence-corrected chi connectivity index (χ3v) is 4.01. The van der Waals surface area contributed by atoms with Gasteiger partial charge < -0.3 is 10.6 Å². The van der Waals surface area contributed by atoms with Gasteiger partial charge in [0.1, 0.15) is 6.33 Å². The van der Waals surface area contributed by atoms with E-state index in [-0.39, 0.29) is 24.0 Å². The highest BCUT2D eigenvalue weighted by molar-refractivity contribution is 14.0. The molecule has 0 spiro atoms. The Hall–Kier alpha value is -2.42. The van der Waals surface area contributed by atoms with E-state index < -0.39 is 0 Å². The molecule has 2 aromatic carbocycles. The summed E-state index contributed by atoms with van der Waals surface area (Å²) >= 11 is 0. The maximum absolute atomic E-state index is 4.29. The Kier molecular flexibility index (Phi) is 7.58. The molecule has 1 aromatic heterocycles. The van der Waals surface area contributed by atoms with Gasteiger partial charge in [-0.15, -0.1) is 24.0 Å². The maximum atomic E-state index is 4.29. The molecule has 0 fully saturated rings. The number of hydrogen-bond donors (Lipinski definition) is 3. The molecule has 0 aliphatic heterocycles. The van der Waals surface area contributed by atoms with Crippen LogP contribution in [-0.4, -0.2) is 28.2 Å². The number of rotatable bonds is 5. The number of halogens is 1. The lowest BCUT2D eigenvalue weighted by atomic mass is 10.1. The van der Waals surface area contributed by atoms with Crippen LogP contribution in [0.4, 0.5) is 0 Å². The SMILES string of the molecule is CN=C(NCc1cccc(-c2ncn[nH]2)c1)NCc1ccccc1C.I. The second kappa shape index (κ2) is 9.91. The number of aromatic nitrogens is 3. The van der Waals surface area contributed by atoms with Crippen LogP contribution in [0.25, 0.3) is 11.4 Å². The molecule has 3 aromatic rings. The molecule has 0 saturated carbocycles. The van der Waals surface area contributed by atoms with Crippen molar-refractivity contribution in [1.29, 1.82) is 0 Å². The standard InChI is InChI=1S/C19H22N6.HI/c1-14-6-3-4-8-17(14)12-22-19(20-2)21-11-15-7-5-9-16(10-15)18-23-13-24-25-18;/h3-10,13H,11-12H2,1-2H3,(H2,20,21,22)(H,23,24,25);1H. The summed E-state index contributed by atoms with van der Waals surface area (Å²) in [7, 11) is 1.78. The van der Waals surface area contributed by atoms with Crippen LogP contribution in [0.3, 0.4) is 0 Å². The second-order valence-electron chi connectivity index (χ2n) is 5.74. The predicted molar refractivity (Wildman–Crippen MR) is 115 cm³/mol. The zero-order valence-electron chi connectivity index (χ0n) is 14.9. The number of aryl methyl sites for hydroxylation is 1. The van der Waals surface area contributed by atoms with Gasteiger partial charge >= 0.3 is 0 Å². The van der Waals surface area contributed by atoms with Crippen LogP contribution in [0.5, 0.6) is 0 Å². The third-order valence-electron chi connectivity index (χ3n) is 4.01. The molecule has 0 aliphatic carbocycles. The highest BCUT2D eigenvalue weighted by Crippen LogP contribution is 2.15. The summed E-state index contributed by atoms with van der Waals surface area (Å²) in [4.78, 5) is 8.47. The van der Waals surface area contributed by atoms with Crippen molar-refractivity contribution in [2.24, 2.45) is 4.99 Å². The minimum Gasteiger partial charge on any atom is -0.352 e. The van der Waals surface area contributed by atoms with Gasteiger partial charge in [-0.1, -0.05) is 42.5 Å². The summed E-state index contributed by atoms with van der Waals surface area (Å²) in [6.45, 7) is 3.53. The van der Waals surface area contributed by atoms with Gasteiger partial charge in [-0.2, -0.15) is 5.10 Å². The molecule has 0 aliphatic rings. The first-order chi connectivity index (χ1) is 12.3. The van der Waals surface area contributed by atoms with E-state index in [1.54, 1.807) is 7.05 Å². The van der Waals surface area contributed by atoms with E-state index in [1.807, 2.05) is 18.2 Å². The number of nitrogens with zero attached hydrogens (tertiary/aromatic N) is 3. The fraction of sp³-hybridized carbons (Fsp3) is 0.211.